The Morgan fingerprint density at radius 3 is 2.61 bits per heavy atom. The third kappa shape index (κ3) is 3.89. The molecule has 0 spiro atoms. The molecule has 0 amide bonds. The van der Waals surface area contributed by atoms with Crippen LogP contribution in [0.25, 0.3) is 0 Å². The Hall–Kier alpha value is -0.210. The van der Waals surface area contributed by atoms with Crippen LogP contribution in [0.5, 0.6) is 0 Å². The second-order valence-electron chi connectivity index (χ2n) is 5.27. The lowest BCUT2D eigenvalue weighted by Crippen LogP contribution is -2.26. The summed E-state index contributed by atoms with van der Waals surface area (Å²) in [6, 6.07) is 6.64. The summed E-state index contributed by atoms with van der Waals surface area (Å²) in [7, 11) is 0. The molecule has 1 fully saturated rings. The lowest BCUT2D eigenvalue weighted by Gasteiger charge is -2.29. The Bertz CT molecular complexity index is 386. The van der Waals surface area contributed by atoms with Crippen molar-refractivity contribution in [3.63, 3.8) is 0 Å². The lowest BCUT2D eigenvalue weighted by molar-refractivity contribution is 0.319. The average molecular weight is 331 g/mol. The van der Waals surface area contributed by atoms with E-state index in [1.165, 1.54) is 38.5 Å². The fourth-order valence-corrected chi connectivity index (χ4v) is 3.56. The molecule has 2 rings (SSSR count). The van der Waals surface area contributed by atoms with E-state index in [2.05, 4.69) is 34.2 Å². The molecule has 1 aromatic carbocycles. The predicted octanol–water partition coefficient (Wildman–Crippen LogP) is 5.87. The summed E-state index contributed by atoms with van der Waals surface area (Å²) in [6.07, 6.45) is 7.99. The Balaban J connectivity index is 1.87. The van der Waals surface area contributed by atoms with Gasteiger partial charge in [0.1, 0.15) is 0 Å². The summed E-state index contributed by atoms with van der Waals surface area (Å²) in [5.74, 6) is 0.952. The van der Waals surface area contributed by atoms with Crippen LogP contribution in [0.1, 0.15) is 45.4 Å². The van der Waals surface area contributed by atoms with Crippen molar-refractivity contribution < 1.29 is 0 Å². The lowest BCUT2D eigenvalue weighted by atomic mass is 9.83. The fourth-order valence-electron chi connectivity index (χ4n) is 2.83. The van der Waals surface area contributed by atoms with Gasteiger partial charge in [-0.2, -0.15) is 0 Å². The molecule has 18 heavy (non-hydrogen) atoms. The molecule has 0 atom stereocenters. The maximum atomic E-state index is 6.23. The number of benzene rings is 1. The summed E-state index contributed by atoms with van der Waals surface area (Å²) in [6.45, 7) is 2.28. The third-order valence-electron chi connectivity index (χ3n) is 3.83. The second kappa shape index (κ2) is 6.81. The first-order valence-electron chi connectivity index (χ1n) is 6.90. The molecule has 1 aromatic rings. The zero-order valence-electron chi connectivity index (χ0n) is 10.9. The summed E-state index contributed by atoms with van der Waals surface area (Å²) < 4.78 is 1.03. The maximum absolute atomic E-state index is 6.23. The van der Waals surface area contributed by atoms with Crippen LogP contribution in [0.4, 0.5) is 5.69 Å². The highest BCUT2D eigenvalue weighted by Crippen LogP contribution is 2.32. The predicted molar refractivity (Wildman–Crippen MR) is 83.4 cm³/mol. The number of hydrogen-bond donors (Lipinski definition) is 1. The molecule has 0 aliphatic heterocycles. The quantitative estimate of drug-likeness (QED) is 0.727. The van der Waals surface area contributed by atoms with E-state index >= 15 is 0 Å². The van der Waals surface area contributed by atoms with Crippen molar-refractivity contribution in [1.29, 1.82) is 0 Å². The molecule has 0 heterocycles. The molecule has 1 aliphatic carbocycles. The highest BCUT2D eigenvalue weighted by Gasteiger charge is 2.20. The summed E-state index contributed by atoms with van der Waals surface area (Å²) in [5, 5.41) is 4.39. The van der Waals surface area contributed by atoms with E-state index in [1.807, 2.05) is 12.1 Å². The summed E-state index contributed by atoms with van der Waals surface area (Å²) in [4.78, 5) is 0. The number of anilines is 1. The van der Waals surface area contributed by atoms with Gasteiger partial charge >= 0.3 is 0 Å². The summed E-state index contributed by atoms with van der Waals surface area (Å²) >= 11 is 9.67. The van der Waals surface area contributed by atoms with Crippen LogP contribution in [0.3, 0.4) is 0 Å². The molecule has 100 valence electrons. The minimum atomic E-state index is 0.594. The summed E-state index contributed by atoms with van der Waals surface area (Å²) in [5.41, 5.74) is 1.07. The van der Waals surface area contributed by atoms with Crippen molar-refractivity contribution in [3.8, 4) is 0 Å². The molecular weight excluding hydrogens is 310 g/mol. The molecule has 0 unspecified atom stereocenters. The molecule has 3 heteroatoms. The molecule has 0 radical (unpaired) electrons. The van der Waals surface area contributed by atoms with Crippen molar-refractivity contribution in [3.05, 3.63) is 27.7 Å². The maximum Gasteiger partial charge on any atom is 0.0648 e. The molecule has 0 saturated heterocycles. The minimum absolute atomic E-state index is 0.594. The van der Waals surface area contributed by atoms with Crippen LogP contribution < -0.4 is 5.32 Å². The average Bonchev–Trinajstić information content (AvgIpc) is 2.35. The van der Waals surface area contributed by atoms with Crippen LogP contribution >= 0.6 is 27.5 Å². The zero-order valence-corrected chi connectivity index (χ0v) is 13.2. The largest absolute Gasteiger partial charge is 0.381 e. The number of halogens is 2. The number of rotatable bonds is 4. The van der Waals surface area contributed by atoms with Gasteiger partial charge in [-0.15, -0.1) is 0 Å². The van der Waals surface area contributed by atoms with Crippen molar-refractivity contribution in [2.45, 2.75) is 51.5 Å². The van der Waals surface area contributed by atoms with Crippen LogP contribution in [0.2, 0.25) is 5.02 Å². The van der Waals surface area contributed by atoms with E-state index in [9.17, 15) is 0 Å². The highest BCUT2D eigenvalue weighted by molar-refractivity contribution is 9.10. The molecule has 1 nitrogen and oxygen atoms in total. The van der Waals surface area contributed by atoms with Gasteiger partial charge < -0.3 is 5.32 Å². The zero-order chi connectivity index (χ0) is 13.0. The van der Waals surface area contributed by atoms with Crippen molar-refractivity contribution in [2.24, 2.45) is 5.92 Å². The van der Waals surface area contributed by atoms with Gasteiger partial charge in [0.15, 0.2) is 0 Å². The second-order valence-corrected chi connectivity index (χ2v) is 6.60. The monoisotopic (exact) mass is 329 g/mol. The van der Waals surface area contributed by atoms with Crippen molar-refractivity contribution >= 4 is 33.2 Å². The van der Waals surface area contributed by atoms with E-state index in [4.69, 9.17) is 11.6 Å². The molecule has 0 aromatic heterocycles. The van der Waals surface area contributed by atoms with E-state index in [-0.39, 0.29) is 0 Å². The SMILES string of the molecule is CCCC1CCC(Nc2ccc(Br)cc2Cl)CC1. The van der Waals surface area contributed by atoms with Crippen molar-refractivity contribution in [1.82, 2.24) is 0 Å². The first kappa shape index (κ1) is 14.2. The van der Waals surface area contributed by atoms with Gasteiger partial charge in [-0.1, -0.05) is 47.3 Å². The molecule has 1 aliphatic rings. The molecular formula is C15H21BrClN. The van der Waals surface area contributed by atoms with E-state index in [1.54, 1.807) is 0 Å². The smallest absolute Gasteiger partial charge is 0.0648 e. The highest BCUT2D eigenvalue weighted by atomic mass is 79.9. The van der Waals surface area contributed by atoms with E-state index < -0.39 is 0 Å². The number of nitrogens with one attached hydrogen (secondary N) is 1. The van der Waals surface area contributed by atoms with E-state index in [0.29, 0.717) is 6.04 Å². The Morgan fingerprint density at radius 1 is 1.28 bits per heavy atom. The molecule has 1 N–H and O–H groups in total. The van der Waals surface area contributed by atoms with Gasteiger partial charge in [0.25, 0.3) is 0 Å². The normalized spacial score (nSPS) is 23.9. The van der Waals surface area contributed by atoms with E-state index in [0.717, 1.165) is 21.1 Å². The Morgan fingerprint density at radius 2 is 2.00 bits per heavy atom. The number of hydrogen-bond acceptors (Lipinski definition) is 1. The van der Waals surface area contributed by atoms with Crippen LogP contribution in [0.15, 0.2) is 22.7 Å². The fraction of sp³-hybridized carbons (Fsp3) is 0.600. The van der Waals surface area contributed by atoms with Gasteiger partial charge in [0, 0.05) is 10.5 Å². The first-order chi connectivity index (χ1) is 8.69. The Labute approximate surface area is 123 Å². The minimum Gasteiger partial charge on any atom is -0.381 e. The third-order valence-corrected chi connectivity index (χ3v) is 4.64. The Kier molecular flexibility index (Phi) is 5.38. The van der Waals surface area contributed by atoms with Crippen LogP contribution in [-0.2, 0) is 0 Å². The molecule has 0 bridgehead atoms. The van der Waals surface area contributed by atoms with Gasteiger partial charge in [0.05, 0.1) is 10.7 Å². The van der Waals surface area contributed by atoms with Crippen molar-refractivity contribution in [2.75, 3.05) is 5.32 Å². The first-order valence-corrected chi connectivity index (χ1v) is 8.07. The van der Waals surface area contributed by atoms with Gasteiger partial charge in [0.2, 0.25) is 0 Å². The van der Waals surface area contributed by atoms with Gasteiger partial charge in [-0.3, -0.25) is 0 Å². The molecule has 1 saturated carbocycles. The van der Waals surface area contributed by atoms with Gasteiger partial charge in [-0.05, 0) is 49.8 Å². The van der Waals surface area contributed by atoms with Gasteiger partial charge in [-0.25, -0.2) is 0 Å². The van der Waals surface area contributed by atoms with Crippen LogP contribution in [0, 0.1) is 5.92 Å². The van der Waals surface area contributed by atoms with Crippen LogP contribution in [-0.4, -0.2) is 6.04 Å². The topological polar surface area (TPSA) is 12.0 Å². The standard InChI is InChI=1S/C15H21BrClN/c1-2-3-11-4-7-13(8-5-11)18-15-9-6-12(16)10-14(15)17/h6,9-11,13,18H,2-5,7-8H2,1H3.